The van der Waals surface area contributed by atoms with Crippen LogP contribution in [0, 0.1) is 0 Å². The minimum Gasteiger partial charge on any atom is -0.480 e. The van der Waals surface area contributed by atoms with Crippen molar-refractivity contribution >= 4 is 23.8 Å². The first-order valence-corrected chi connectivity index (χ1v) is 6.26. The number of ether oxygens (including phenoxy) is 2. The molecule has 126 valence electrons. The second-order valence-electron chi connectivity index (χ2n) is 4.42. The molecule has 0 bridgehead atoms. The second kappa shape index (κ2) is 9.65. The lowest BCUT2D eigenvalue weighted by atomic mass is 10.1. The normalized spacial score (nSPS) is 14.5. The summed E-state index contributed by atoms with van der Waals surface area (Å²) >= 11 is 0. The molecule has 0 spiro atoms. The predicted molar refractivity (Wildman–Crippen MR) is 71.9 cm³/mol. The molecule has 9 N–H and O–H groups in total. The molecule has 11 heteroatoms. The molecule has 0 fully saturated rings. The number of carboxylic acids is 1. The highest BCUT2D eigenvalue weighted by Gasteiger charge is 2.22. The first-order chi connectivity index (χ1) is 10.1. The van der Waals surface area contributed by atoms with Crippen molar-refractivity contribution in [3.63, 3.8) is 0 Å². The molecule has 0 rings (SSSR count). The monoisotopic (exact) mass is 320 g/mol. The Morgan fingerprint density at radius 3 is 1.77 bits per heavy atom. The molecule has 0 aliphatic rings. The fraction of sp³-hybridized carbons (Fsp3) is 0.636. The number of amides is 1. The molecule has 11 nitrogen and oxygen atoms in total. The molecular formula is C11H20N4O7. The molecule has 3 atom stereocenters. The van der Waals surface area contributed by atoms with E-state index in [9.17, 15) is 19.2 Å². The molecule has 0 aromatic rings. The maximum absolute atomic E-state index is 11.4. The first kappa shape index (κ1) is 19.8. The Morgan fingerprint density at radius 2 is 1.32 bits per heavy atom. The second-order valence-corrected chi connectivity index (χ2v) is 4.42. The summed E-state index contributed by atoms with van der Waals surface area (Å²) in [7, 11) is 0. The Bertz CT molecular complexity index is 429. The molecule has 1 amide bonds. The van der Waals surface area contributed by atoms with Gasteiger partial charge >= 0.3 is 17.9 Å². The highest BCUT2D eigenvalue weighted by Crippen LogP contribution is 1.98. The average Bonchev–Trinajstić information content (AvgIpc) is 2.46. The Balaban J connectivity index is 4.07. The summed E-state index contributed by atoms with van der Waals surface area (Å²) in [6.07, 6.45) is -0.0846. The van der Waals surface area contributed by atoms with Gasteiger partial charge < -0.3 is 37.5 Å². The van der Waals surface area contributed by atoms with Crippen LogP contribution in [0.15, 0.2) is 0 Å². The maximum Gasteiger partial charge on any atom is 0.326 e. The molecule has 0 aliphatic carbocycles. The Hall–Kier alpha value is -2.24. The first-order valence-electron chi connectivity index (χ1n) is 6.26. The summed E-state index contributed by atoms with van der Waals surface area (Å²) in [4.78, 5) is 43.8. The third-order valence-corrected chi connectivity index (χ3v) is 2.43. The summed E-state index contributed by atoms with van der Waals surface area (Å²) < 4.78 is 9.23. The highest BCUT2D eigenvalue weighted by molar-refractivity contribution is 5.80. The van der Waals surface area contributed by atoms with E-state index in [-0.39, 0.29) is 12.8 Å². The van der Waals surface area contributed by atoms with Gasteiger partial charge in [-0.15, -0.1) is 0 Å². The molecule has 0 saturated heterocycles. The topological polar surface area (TPSA) is 211 Å². The third-order valence-electron chi connectivity index (χ3n) is 2.43. The number of nitrogens with two attached hydrogens (primary N) is 4. The minimum absolute atomic E-state index is 0.00131. The van der Waals surface area contributed by atoms with Gasteiger partial charge in [0.05, 0.1) is 0 Å². The van der Waals surface area contributed by atoms with E-state index in [1.54, 1.807) is 0 Å². The van der Waals surface area contributed by atoms with Crippen molar-refractivity contribution in [2.24, 2.45) is 22.9 Å². The van der Waals surface area contributed by atoms with Crippen LogP contribution in [-0.2, 0) is 28.7 Å². The smallest absolute Gasteiger partial charge is 0.326 e. The maximum atomic E-state index is 11.4. The van der Waals surface area contributed by atoms with Crippen LogP contribution in [0.4, 0.5) is 0 Å². The van der Waals surface area contributed by atoms with Crippen LogP contribution >= 0.6 is 0 Å². The van der Waals surface area contributed by atoms with Crippen molar-refractivity contribution in [3.05, 3.63) is 0 Å². The number of esters is 2. The number of aliphatic carboxylic acids is 1. The van der Waals surface area contributed by atoms with Crippen LogP contribution in [-0.4, -0.2) is 60.3 Å². The Morgan fingerprint density at radius 1 is 0.864 bits per heavy atom. The number of carbonyl (C=O) groups is 4. The largest absolute Gasteiger partial charge is 0.480 e. The highest BCUT2D eigenvalue weighted by atomic mass is 16.6. The van der Waals surface area contributed by atoms with Crippen LogP contribution in [0.1, 0.15) is 12.8 Å². The lowest BCUT2D eigenvalue weighted by molar-refractivity contribution is -0.153. The van der Waals surface area contributed by atoms with Gasteiger partial charge in [-0.05, 0) is 6.42 Å². The molecule has 0 aromatic carbocycles. The Kier molecular flexibility index (Phi) is 8.67. The fourth-order valence-electron chi connectivity index (χ4n) is 1.11. The van der Waals surface area contributed by atoms with E-state index in [4.69, 9.17) is 28.0 Å². The van der Waals surface area contributed by atoms with Gasteiger partial charge in [0.2, 0.25) is 5.91 Å². The molecule has 0 unspecified atom stereocenters. The number of primary amides is 1. The predicted octanol–water partition coefficient (Wildman–Crippen LogP) is -3.60. The molecular weight excluding hydrogens is 300 g/mol. The van der Waals surface area contributed by atoms with Gasteiger partial charge in [0.25, 0.3) is 0 Å². The number of carboxylic acid groups (broad SMARTS) is 1. The number of rotatable bonds is 10. The summed E-state index contributed by atoms with van der Waals surface area (Å²) in [5.74, 6) is -3.78. The molecule has 0 radical (unpaired) electrons. The lowest BCUT2D eigenvalue weighted by Gasteiger charge is -2.15. The molecule has 22 heavy (non-hydrogen) atoms. The van der Waals surface area contributed by atoms with E-state index < -0.39 is 55.2 Å². The third kappa shape index (κ3) is 8.14. The summed E-state index contributed by atoms with van der Waals surface area (Å²) in [5.41, 5.74) is 20.9. The van der Waals surface area contributed by atoms with Crippen LogP contribution in [0.25, 0.3) is 0 Å². The van der Waals surface area contributed by atoms with E-state index in [0.29, 0.717) is 0 Å². The van der Waals surface area contributed by atoms with Gasteiger partial charge in [-0.2, -0.15) is 0 Å². The van der Waals surface area contributed by atoms with Crippen molar-refractivity contribution in [3.8, 4) is 0 Å². The van der Waals surface area contributed by atoms with Gasteiger partial charge in [0.15, 0.2) is 0 Å². The summed E-state index contributed by atoms with van der Waals surface area (Å²) in [6, 6.07) is -3.76. The molecule has 0 saturated carbocycles. The molecule has 0 aromatic heterocycles. The van der Waals surface area contributed by atoms with Crippen LogP contribution in [0.3, 0.4) is 0 Å². The minimum atomic E-state index is -1.37. The SMILES string of the molecule is NC(=O)CC[C@H](N)C(=O)OC[C@H](N)C(=O)OC[C@H](N)C(=O)O. The fourth-order valence-corrected chi connectivity index (χ4v) is 1.11. The number of hydrogen-bond donors (Lipinski definition) is 5. The number of hydrogen-bond acceptors (Lipinski definition) is 9. The van der Waals surface area contributed by atoms with Gasteiger partial charge in [-0.1, -0.05) is 0 Å². The van der Waals surface area contributed by atoms with E-state index in [2.05, 4.69) is 9.47 Å². The van der Waals surface area contributed by atoms with Crippen molar-refractivity contribution < 1.29 is 33.8 Å². The van der Waals surface area contributed by atoms with Gasteiger partial charge in [0, 0.05) is 6.42 Å². The van der Waals surface area contributed by atoms with Crippen LogP contribution in [0.5, 0.6) is 0 Å². The average molecular weight is 320 g/mol. The quantitative estimate of drug-likeness (QED) is 0.249. The zero-order chi connectivity index (χ0) is 17.3. The van der Waals surface area contributed by atoms with Gasteiger partial charge in [-0.3, -0.25) is 19.2 Å². The van der Waals surface area contributed by atoms with E-state index in [0.717, 1.165) is 0 Å². The van der Waals surface area contributed by atoms with Gasteiger partial charge in [-0.25, -0.2) is 0 Å². The van der Waals surface area contributed by atoms with Crippen molar-refractivity contribution in [2.45, 2.75) is 31.0 Å². The molecule has 0 heterocycles. The van der Waals surface area contributed by atoms with Crippen molar-refractivity contribution in [1.82, 2.24) is 0 Å². The molecule has 0 aliphatic heterocycles. The number of carbonyl (C=O) groups excluding carboxylic acids is 3. The summed E-state index contributed by atoms with van der Waals surface area (Å²) in [6.45, 7) is -1.07. The van der Waals surface area contributed by atoms with Crippen LogP contribution in [0.2, 0.25) is 0 Å². The zero-order valence-corrected chi connectivity index (χ0v) is 11.8. The zero-order valence-electron chi connectivity index (χ0n) is 11.8. The lowest BCUT2D eigenvalue weighted by Crippen LogP contribution is -2.43. The van der Waals surface area contributed by atoms with E-state index >= 15 is 0 Å². The summed E-state index contributed by atoms with van der Waals surface area (Å²) in [5, 5.41) is 8.50. The van der Waals surface area contributed by atoms with Crippen molar-refractivity contribution in [2.75, 3.05) is 13.2 Å². The van der Waals surface area contributed by atoms with E-state index in [1.165, 1.54) is 0 Å². The van der Waals surface area contributed by atoms with E-state index in [1.807, 2.05) is 0 Å². The van der Waals surface area contributed by atoms with Crippen molar-refractivity contribution in [1.29, 1.82) is 0 Å². The van der Waals surface area contributed by atoms with Crippen LogP contribution < -0.4 is 22.9 Å². The standard InChI is InChI=1S/C11H20N4O7/c12-5(1-2-8(15)16)10(19)22-4-7(14)11(20)21-3-6(13)9(17)18/h5-7H,1-4,12-14H2,(H2,15,16)(H,17,18)/t5-,6-,7-/m0/s1. The van der Waals surface area contributed by atoms with Gasteiger partial charge in [0.1, 0.15) is 31.3 Å². The Labute approximate surface area is 125 Å².